The van der Waals surface area contributed by atoms with Crippen LogP contribution in [0.15, 0.2) is 12.1 Å². The van der Waals surface area contributed by atoms with E-state index in [0.29, 0.717) is 16.8 Å². The number of hydrogen-bond acceptors (Lipinski definition) is 1. The molecule has 0 atom stereocenters. The van der Waals surface area contributed by atoms with E-state index in [1.54, 1.807) is 0 Å². The quantitative estimate of drug-likeness (QED) is 0.651. The van der Waals surface area contributed by atoms with Gasteiger partial charge in [0.05, 0.1) is 0 Å². The third-order valence-corrected chi connectivity index (χ3v) is 1.29. The lowest BCUT2D eigenvalue weighted by atomic mass is 10.1. The molecule has 0 aromatic heterocycles. The van der Waals surface area contributed by atoms with Crippen LogP contribution in [0.2, 0.25) is 0 Å². The summed E-state index contributed by atoms with van der Waals surface area (Å²) in [6.45, 7) is -1.31. The molecule has 1 rings (SSSR count). The number of nitrogen functional groups attached to an aromatic ring is 1. The van der Waals surface area contributed by atoms with E-state index < -0.39 is 13.3 Å². The van der Waals surface area contributed by atoms with Gasteiger partial charge in [0.25, 0.3) is 0 Å². The minimum atomic E-state index is -0.655. The maximum Gasteiger partial charge on any atom is 0.115 e. The summed E-state index contributed by atoms with van der Waals surface area (Å²) in [4.78, 5) is 0. The minimum Gasteiger partial charge on any atom is -0.399 e. The lowest BCUT2D eigenvalue weighted by molar-refractivity contribution is 0.474. The molecule has 0 amide bonds. The summed E-state index contributed by atoms with van der Waals surface area (Å²) in [7, 11) is 0. The van der Waals surface area contributed by atoms with Crippen molar-refractivity contribution in [1.29, 1.82) is 0 Å². The highest BCUT2D eigenvalue weighted by Crippen LogP contribution is 2.12. The first-order valence-electron chi connectivity index (χ1n) is 3.19. The molecule has 1 nitrogen and oxygen atoms in total. The van der Waals surface area contributed by atoms with Crippen LogP contribution in [0.4, 0.5) is 14.5 Å². The molecule has 0 heterocycles. The van der Waals surface area contributed by atoms with Crippen molar-refractivity contribution in [1.82, 2.24) is 0 Å². The molecule has 0 unspecified atom stereocenters. The average Bonchev–Trinajstić information content (AvgIpc) is 2.03. The third kappa shape index (κ3) is 1.90. The van der Waals surface area contributed by atoms with Crippen molar-refractivity contribution in [2.45, 2.75) is 13.3 Å². The number of rotatable bonds is 2. The maximum absolute atomic E-state index is 12.0. The Bertz CT molecular complexity index is 226. The molecule has 1 radical (unpaired) electrons. The van der Waals surface area contributed by atoms with E-state index in [2.05, 4.69) is 6.07 Å². The summed E-state index contributed by atoms with van der Waals surface area (Å²) < 4.78 is 24.0. The molecule has 11 heavy (non-hydrogen) atoms. The largest absolute Gasteiger partial charge is 0.399 e. The Kier molecular flexibility index (Phi) is 2.41. The molecule has 0 aliphatic carbocycles. The van der Waals surface area contributed by atoms with Crippen molar-refractivity contribution < 1.29 is 8.78 Å². The summed E-state index contributed by atoms with van der Waals surface area (Å²) in [5.74, 6) is 0. The molecule has 0 saturated heterocycles. The Morgan fingerprint density at radius 1 is 1.18 bits per heavy atom. The van der Waals surface area contributed by atoms with Gasteiger partial charge in [0.1, 0.15) is 13.3 Å². The van der Waals surface area contributed by atoms with Gasteiger partial charge in [-0.15, -0.1) is 0 Å². The number of alkyl halides is 2. The van der Waals surface area contributed by atoms with E-state index in [1.807, 2.05) is 0 Å². The van der Waals surface area contributed by atoms with Crippen molar-refractivity contribution in [2.24, 2.45) is 0 Å². The van der Waals surface area contributed by atoms with E-state index in [-0.39, 0.29) is 0 Å². The monoisotopic (exact) mass is 156 g/mol. The van der Waals surface area contributed by atoms with Gasteiger partial charge in [0.15, 0.2) is 0 Å². The van der Waals surface area contributed by atoms with Gasteiger partial charge in [-0.3, -0.25) is 0 Å². The maximum atomic E-state index is 12.0. The van der Waals surface area contributed by atoms with Crippen LogP contribution in [0.1, 0.15) is 11.1 Å². The van der Waals surface area contributed by atoms with Gasteiger partial charge in [-0.2, -0.15) is 0 Å². The zero-order valence-electron chi connectivity index (χ0n) is 5.90. The molecule has 0 saturated carbocycles. The molecular weight excluding hydrogens is 148 g/mol. The summed E-state index contributed by atoms with van der Waals surface area (Å²) in [5, 5.41) is 0. The first kappa shape index (κ1) is 7.98. The summed E-state index contributed by atoms with van der Waals surface area (Å²) in [6.07, 6.45) is 0. The normalized spacial score (nSPS) is 10.0. The van der Waals surface area contributed by atoms with Crippen LogP contribution in [-0.4, -0.2) is 0 Å². The van der Waals surface area contributed by atoms with E-state index in [0.717, 1.165) is 0 Å². The summed E-state index contributed by atoms with van der Waals surface area (Å²) >= 11 is 0. The highest BCUT2D eigenvalue weighted by atomic mass is 19.1. The molecule has 3 heteroatoms. The van der Waals surface area contributed by atoms with Crippen molar-refractivity contribution in [3.63, 3.8) is 0 Å². The zero-order valence-corrected chi connectivity index (χ0v) is 5.90. The van der Waals surface area contributed by atoms with E-state index >= 15 is 0 Å². The molecule has 1 aromatic carbocycles. The van der Waals surface area contributed by atoms with Gasteiger partial charge in [-0.05, 0) is 29.3 Å². The number of benzene rings is 1. The van der Waals surface area contributed by atoms with Crippen molar-refractivity contribution in [2.75, 3.05) is 5.73 Å². The van der Waals surface area contributed by atoms with E-state index in [1.165, 1.54) is 12.1 Å². The molecular formula is C8H8F2N. The Morgan fingerprint density at radius 2 is 1.64 bits per heavy atom. The first-order chi connectivity index (χ1) is 5.26. The van der Waals surface area contributed by atoms with Crippen LogP contribution in [0.5, 0.6) is 0 Å². The summed E-state index contributed by atoms with van der Waals surface area (Å²) in [5.41, 5.74) is 6.34. The third-order valence-electron chi connectivity index (χ3n) is 1.29. The molecule has 2 N–H and O–H groups in total. The second-order valence-electron chi connectivity index (χ2n) is 2.23. The molecule has 0 spiro atoms. The van der Waals surface area contributed by atoms with Crippen molar-refractivity contribution in [3.05, 3.63) is 29.3 Å². The van der Waals surface area contributed by atoms with Gasteiger partial charge < -0.3 is 5.73 Å². The minimum absolute atomic E-state index is 0.303. The lowest BCUT2D eigenvalue weighted by Crippen LogP contribution is -1.91. The topological polar surface area (TPSA) is 26.0 Å². The van der Waals surface area contributed by atoms with Crippen LogP contribution in [-0.2, 0) is 13.3 Å². The van der Waals surface area contributed by atoms with Crippen molar-refractivity contribution >= 4 is 5.69 Å². The Labute approximate surface area is 63.8 Å². The fourth-order valence-corrected chi connectivity index (χ4v) is 0.866. The van der Waals surface area contributed by atoms with Gasteiger partial charge in [0.2, 0.25) is 0 Å². The lowest BCUT2D eigenvalue weighted by Gasteiger charge is -1.99. The molecule has 59 valence electrons. The smallest absolute Gasteiger partial charge is 0.115 e. The van der Waals surface area contributed by atoms with E-state index in [9.17, 15) is 8.78 Å². The standard InChI is InChI=1S/C8H8F2N/c9-4-6-1-7(5-10)3-8(11)2-6/h2-3H,4-5,11H2. The average molecular weight is 156 g/mol. The second-order valence-corrected chi connectivity index (χ2v) is 2.23. The van der Waals surface area contributed by atoms with Crippen LogP contribution >= 0.6 is 0 Å². The molecule has 0 aliphatic rings. The van der Waals surface area contributed by atoms with Crippen LogP contribution in [0.3, 0.4) is 0 Å². The highest BCUT2D eigenvalue weighted by Gasteiger charge is 1.98. The van der Waals surface area contributed by atoms with E-state index in [4.69, 9.17) is 5.73 Å². The number of hydrogen-bond donors (Lipinski definition) is 1. The Morgan fingerprint density at radius 3 is 2.00 bits per heavy atom. The molecule has 0 fully saturated rings. The molecule has 0 aliphatic heterocycles. The zero-order chi connectivity index (χ0) is 8.27. The van der Waals surface area contributed by atoms with Gasteiger partial charge in [-0.25, -0.2) is 8.78 Å². The summed E-state index contributed by atoms with van der Waals surface area (Å²) in [6, 6.07) is 5.44. The van der Waals surface area contributed by atoms with Gasteiger partial charge in [0, 0.05) is 5.69 Å². The predicted octanol–water partition coefficient (Wildman–Crippen LogP) is 2.01. The van der Waals surface area contributed by atoms with Gasteiger partial charge in [-0.1, -0.05) is 0 Å². The fourth-order valence-electron chi connectivity index (χ4n) is 0.866. The predicted molar refractivity (Wildman–Crippen MR) is 39.3 cm³/mol. The Balaban J connectivity index is 3.02. The number of anilines is 1. The van der Waals surface area contributed by atoms with Crippen LogP contribution in [0, 0.1) is 6.07 Å². The van der Waals surface area contributed by atoms with Crippen LogP contribution in [0.25, 0.3) is 0 Å². The highest BCUT2D eigenvalue weighted by molar-refractivity contribution is 5.43. The SMILES string of the molecule is Nc1cc(CF)[c]c(CF)c1. The second kappa shape index (κ2) is 3.32. The first-order valence-corrected chi connectivity index (χ1v) is 3.19. The molecule has 1 aromatic rings. The van der Waals surface area contributed by atoms with Crippen LogP contribution < -0.4 is 5.73 Å². The number of halogens is 2. The number of nitrogens with two attached hydrogens (primary N) is 1. The fraction of sp³-hybridized carbons (Fsp3) is 0.250. The van der Waals surface area contributed by atoms with Gasteiger partial charge >= 0.3 is 0 Å². The van der Waals surface area contributed by atoms with Crippen molar-refractivity contribution in [3.8, 4) is 0 Å². The Hall–Kier alpha value is -1.12. The molecule has 0 bridgehead atoms.